The van der Waals surface area contributed by atoms with Gasteiger partial charge in [-0.15, -0.1) is 11.8 Å². The second-order valence-electron chi connectivity index (χ2n) is 9.96. The standard InChI is InChI=1S/C28H33N3O6S/c1-4-29-20(32)16-30(15-18-11-7-5-8-12-18)25(35)22(33)21-24(34)31-23(28(2,3)38-26(21)31)27(36)37-17-19-13-9-6-10-14-19/h5-14,21-23,26,33H,4,15-17H2,1-3H3,(H,29,32)/t21-,22+,23+,26-/m1/s1. The van der Waals surface area contributed by atoms with Crippen molar-refractivity contribution in [1.82, 2.24) is 15.1 Å². The van der Waals surface area contributed by atoms with Crippen LogP contribution in [0.4, 0.5) is 0 Å². The zero-order valence-electron chi connectivity index (χ0n) is 21.7. The molecular formula is C28H33N3O6S. The van der Waals surface area contributed by atoms with Crippen molar-refractivity contribution in [3.63, 3.8) is 0 Å². The Balaban J connectivity index is 1.47. The molecule has 2 aromatic carbocycles. The third-order valence-corrected chi connectivity index (χ3v) is 8.35. The van der Waals surface area contributed by atoms with Crippen LogP contribution in [0.1, 0.15) is 31.9 Å². The number of amides is 3. The van der Waals surface area contributed by atoms with E-state index in [1.165, 1.54) is 21.6 Å². The van der Waals surface area contributed by atoms with E-state index in [1.54, 1.807) is 6.92 Å². The van der Waals surface area contributed by atoms with E-state index in [4.69, 9.17) is 4.74 Å². The molecule has 2 aliphatic heterocycles. The minimum atomic E-state index is -1.65. The summed E-state index contributed by atoms with van der Waals surface area (Å²) in [6, 6.07) is 17.5. The van der Waals surface area contributed by atoms with E-state index in [-0.39, 0.29) is 25.6 Å². The minimum absolute atomic E-state index is 0.0857. The number of aliphatic hydroxyl groups is 1. The molecule has 0 spiro atoms. The van der Waals surface area contributed by atoms with Crippen molar-refractivity contribution in [3.8, 4) is 0 Å². The molecule has 2 N–H and O–H groups in total. The molecule has 0 aromatic heterocycles. The highest BCUT2D eigenvalue weighted by Gasteiger charge is 2.66. The molecule has 2 fully saturated rings. The van der Waals surface area contributed by atoms with Crippen LogP contribution in [0.15, 0.2) is 60.7 Å². The van der Waals surface area contributed by atoms with Crippen LogP contribution in [-0.4, -0.2) is 74.0 Å². The molecule has 4 rings (SSSR count). The third kappa shape index (κ3) is 5.71. The number of carbonyl (C=O) groups excluding carboxylic acids is 4. The summed E-state index contributed by atoms with van der Waals surface area (Å²) < 4.78 is 4.85. The Morgan fingerprint density at radius 2 is 1.68 bits per heavy atom. The average Bonchev–Trinajstić information content (AvgIpc) is 3.14. The number of carbonyl (C=O) groups is 4. The largest absolute Gasteiger partial charge is 0.459 e. The lowest BCUT2D eigenvalue weighted by atomic mass is 9.87. The van der Waals surface area contributed by atoms with Crippen molar-refractivity contribution in [3.05, 3.63) is 71.8 Å². The molecule has 9 nitrogen and oxygen atoms in total. The van der Waals surface area contributed by atoms with Crippen LogP contribution >= 0.6 is 11.8 Å². The summed E-state index contributed by atoms with van der Waals surface area (Å²) in [6.07, 6.45) is -1.65. The predicted molar refractivity (Wildman–Crippen MR) is 142 cm³/mol. The Hall–Kier alpha value is -3.37. The van der Waals surface area contributed by atoms with E-state index in [0.717, 1.165) is 11.1 Å². The Morgan fingerprint density at radius 3 is 2.29 bits per heavy atom. The fourth-order valence-corrected chi connectivity index (χ4v) is 6.62. The van der Waals surface area contributed by atoms with Crippen molar-refractivity contribution < 1.29 is 29.0 Å². The maximum atomic E-state index is 13.4. The molecule has 0 saturated carbocycles. The first-order valence-electron chi connectivity index (χ1n) is 12.6. The quantitative estimate of drug-likeness (QED) is 0.350. The fourth-order valence-electron chi connectivity index (χ4n) is 4.90. The van der Waals surface area contributed by atoms with Gasteiger partial charge in [0.15, 0.2) is 0 Å². The topological polar surface area (TPSA) is 116 Å². The van der Waals surface area contributed by atoms with Crippen LogP contribution in [0.25, 0.3) is 0 Å². The van der Waals surface area contributed by atoms with E-state index in [9.17, 15) is 24.3 Å². The first kappa shape index (κ1) is 27.7. The van der Waals surface area contributed by atoms with Crippen LogP contribution in [0.2, 0.25) is 0 Å². The van der Waals surface area contributed by atoms with Crippen LogP contribution in [0, 0.1) is 5.92 Å². The number of β-lactam (4-membered cyclic amide) rings is 1. The van der Waals surface area contributed by atoms with Gasteiger partial charge in [-0.3, -0.25) is 14.4 Å². The Morgan fingerprint density at radius 1 is 1.08 bits per heavy atom. The monoisotopic (exact) mass is 539 g/mol. The van der Waals surface area contributed by atoms with Gasteiger partial charge in [0.05, 0.1) is 11.9 Å². The molecule has 3 amide bonds. The molecule has 202 valence electrons. The van der Waals surface area contributed by atoms with Crippen molar-refractivity contribution in [2.45, 2.75) is 56.2 Å². The number of fused-ring (bicyclic) bond motifs is 1. The first-order chi connectivity index (χ1) is 18.1. The van der Waals surface area contributed by atoms with Crippen molar-refractivity contribution in [2.75, 3.05) is 13.1 Å². The SMILES string of the molecule is CCNC(=O)CN(Cc1ccccc1)C(=O)[C@@H](O)[C@@H]1C(=O)N2[C@@H]1SC(C)(C)[C@@H]2C(=O)OCc1ccccc1. The highest BCUT2D eigenvalue weighted by Crippen LogP contribution is 2.54. The second kappa shape index (κ2) is 11.6. The molecule has 0 aliphatic carbocycles. The summed E-state index contributed by atoms with van der Waals surface area (Å²) >= 11 is 1.37. The molecule has 0 unspecified atom stereocenters. The number of aliphatic hydroxyl groups excluding tert-OH is 1. The number of hydrogen-bond donors (Lipinski definition) is 2. The number of likely N-dealkylation sites (N-methyl/N-ethyl adjacent to an activating group) is 1. The van der Waals surface area contributed by atoms with Gasteiger partial charge in [-0.2, -0.15) is 0 Å². The zero-order chi connectivity index (χ0) is 27.4. The summed E-state index contributed by atoms with van der Waals surface area (Å²) in [5.74, 6) is -3.09. The van der Waals surface area contributed by atoms with E-state index < -0.39 is 46.0 Å². The summed E-state index contributed by atoms with van der Waals surface area (Å²) in [5, 5.41) is 13.2. The number of benzene rings is 2. The summed E-state index contributed by atoms with van der Waals surface area (Å²) in [4.78, 5) is 54.7. The molecule has 0 radical (unpaired) electrons. The van der Waals surface area contributed by atoms with E-state index in [2.05, 4.69) is 5.32 Å². The smallest absolute Gasteiger partial charge is 0.330 e. The van der Waals surface area contributed by atoms with Crippen molar-refractivity contribution in [2.24, 2.45) is 5.92 Å². The predicted octanol–water partition coefficient (Wildman–Crippen LogP) is 1.93. The third-order valence-electron chi connectivity index (χ3n) is 6.76. The zero-order valence-corrected chi connectivity index (χ0v) is 22.5. The Bertz CT molecular complexity index is 1180. The molecule has 2 aromatic rings. The molecule has 2 saturated heterocycles. The molecular weight excluding hydrogens is 506 g/mol. The van der Waals surface area contributed by atoms with Crippen LogP contribution in [0.5, 0.6) is 0 Å². The maximum absolute atomic E-state index is 13.4. The van der Waals surface area contributed by atoms with Gasteiger partial charge in [-0.25, -0.2) is 4.79 Å². The van der Waals surface area contributed by atoms with Crippen molar-refractivity contribution >= 4 is 35.5 Å². The van der Waals surface area contributed by atoms with E-state index in [1.807, 2.05) is 74.5 Å². The van der Waals surface area contributed by atoms with E-state index in [0.29, 0.717) is 6.54 Å². The maximum Gasteiger partial charge on any atom is 0.330 e. The fraction of sp³-hybridized carbons (Fsp3) is 0.429. The Labute approximate surface area is 226 Å². The normalized spacial score (nSPS) is 22.2. The highest BCUT2D eigenvalue weighted by atomic mass is 32.2. The van der Waals surface area contributed by atoms with E-state index >= 15 is 0 Å². The van der Waals surface area contributed by atoms with Gasteiger partial charge in [0.2, 0.25) is 11.8 Å². The van der Waals surface area contributed by atoms with Crippen molar-refractivity contribution in [1.29, 1.82) is 0 Å². The van der Waals surface area contributed by atoms with Gasteiger partial charge < -0.3 is 25.0 Å². The minimum Gasteiger partial charge on any atom is -0.459 e. The van der Waals surface area contributed by atoms with Crippen LogP contribution in [0.3, 0.4) is 0 Å². The Kier molecular flexibility index (Phi) is 8.42. The molecule has 4 atom stereocenters. The van der Waals surface area contributed by atoms with Gasteiger partial charge in [0.1, 0.15) is 24.7 Å². The first-order valence-corrected chi connectivity index (χ1v) is 13.5. The lowest BCUT2D eigenvalue weighted by molar-refractivity contribution is -0.175. The van der Waals surface area contributed by atoms with Gasteiger partial charge in [0, 0.05) is 17.8 Å². The average molecular weight is 540 g/mol. The number of nitrogens with zero attached hydrogens (tertiary/aromatic N) is 2. The lowest BCUT2D eigenvalue weighted by Crippen LogP contribution is -2.67. The number of nitrogens with one attached hydrogen (secondary N) is 1. The van der Waals surface area contributed by atoms with Gasteiger partial charge in [0.25, 0.3) is 5.91 Å². The molecule has 38 heavy (non-hydrogen) atoms. The highest BCUT2D eigenvalue weighted by molar-refractivity contribution is 8.01. The van der Waals surface area contributed by atoms with Crippen LogP contribution in [-0.2, 0) is 37.1 Å². The second-order valence-corrected chi connectivity index (χ2v) is 11.7. The molecule has 2 heterocycles. The summed E-state index contributed by atoms with van der Waals surface area (Å²) in [6.45, 7) is 5.82. The number of hydrogen-bond acceptors (Lipinski definition) is 7. The molecule has 2 aliphatic rings. The number of ether oxygens (including phenoxy) is 1. The number of esters is 1. The molecule has 0 bridgehead atoms. The summed E-state index contributed by atoms with van der Waals surface area (Å²) in [5.41, 5.74) is 1.62. The molecule has 10 heteroatoms. The number of thioether (sulfide) groups is 1. The van der Waals surface area contributed by atoms with Crippen LogP contribution < -0.4 is 5.32 Å². The van der Waals surface area contributed by atoms with Gasteiger partial charge in [-0.1, -0.05) is 60.7 Å². The van der Waals surface area contributed by atoms with Gasteiger partial charge in [-0.05, 0) is 31.9 Å². The summed E-state index contributed by atoms with van der Waals surface area (Å²) in [7, 11) is 0. The lowest BCUT2D eigenvalue weighted by Gasteiger charge is -2.45. The van der Waals surface area contributed by atoms with Gasteiger partial charge >= 0.3 is 5.97 Å². The number of rotatable bonds is 10.